The lowest BCUT2D eigenvalue weighted by molar-refractivity contribution is 0.215. The molecule has 1 atom stereocenters. The van der Waals surface area contributed by atoms with Gasteiger partial charge in [0.15, 0.2) is 9.84 Å². The highest BCUT2D eigenvalue weighted by Gasteiger charge is 2.21. The van der Waals surface area contributed by atoms with Crippen molar-refractivity contribution < 1.29 is 18.3 Å². The van der Waals surface area contributed by atoms with Crippen molar-refractivity contribution in [1.29, 1.82) is 0 Å². The van der Waals surface area contributed by atoms with E-state index >= 15 is 0 Å². The predicted octanol–water partition coefficient (Wildman–Crippen LogP) is 1.13. The fraction of sp³-hybridized carbons (Fsp3) is 0.588. The standard InChI is InChI=1S/C17H27N3O4S/c1-3-25(23,24)16-6-4-15(5-7-16)20-10-8-14(9-11-20)19-17(22)18-13(2)12-21/h4-7,13-14,21H,3,8-12H2,1-2H3,(H2,18,19,22)/t13-/m0/s1. The number of carbonyl (C=O) groups excluding carboxylic acids is 1. The largest absolute Gasteiger partial charge is 0.394 e. The molecule has 3 N–H and O–H groups in total. The van der Waals surface area contributed by atoms with Crippen molar-refractivity contribution in [3.05, 3.63) is 24.3 Å². The summed E-state index contributed by atoms with van der Waals surface area (Å²) in [7, 11) is -3.17. The van der Waals surface area contributed by atoms with Crippen LogP contribution in [0.15, 0.2) is 29.2 Å². The third kappa shape index (κ3) is 5.34. The van der Waals surface area contributed by atoms with Crippen LogP contribution in [-0.2, 0) is 9.84 Å². The van der Waals surface area contributed by atoms with Gasteiger partial charge in [0, 0.05) is 24.8 Å². The third-order valence-electron chi connectivity index (χ3n) is 4.42. The molecule has 1 heterocycles. The van der Waals surface area contributed by atoms with Crippen LogP contribution < -0.4 is 15.5 Å². The summed E-state index contributed by atoms with van der Waals surface area (Å²) < 4.78 is 23.7. The van der Waals surface area contributed by atoms with E-state index in [-0.39, 0.29) is 30.5 Å². The maximum atomic E-state index is 11.9. The lowest BCUT2D eigenvalue weighted by Gasteiger charge is -2.34. The van der Waals surface area contributed by atoms with Crippen molar-refractivity contribution in [1.82, 2.24) is 10.6 Å². The van der Waals surface area contributed by atoms with Crippen LogP contribution in [0.5, 0.6) is 0 Å². The second kappa shape index (κ2) is 8.53. The Morgan fingerprint density at radius 3 is 2.40 bits per heavy atom. The molecular formula is C17H27N3O4S. The maximum absolute atomic E-state index is 11.9. The van der Waals surface area contributed by atoms with E-state index < -0.39 is 9.84 Å². The van der Waals surface area contributed by atoms with Gasteiger partial charge in [-0.2, -0.15) is 0 Å². The normalized spacial score (nSPS) is 17.2. The summed E-state index contributed by atoms with van der Waals surface area (Å²) in [6.45, 7) is 4.87. The highest BCUT2D eigenvalue weighted by atomic mass is 32.2. The van der Waals surface area contributed by atoms with Gasteiger partial charge < -0.3 is 20.6 Å². The van der Waals surface area contributed by atoms with Crippen LogP contribution in [0.2, 0.25) is 0 Å². The minimum absolute atomic E-state index is 0.0877. The minimum atomic E-state index is -3.17. The van der Waals surface area contributed by atoms with Gasteiger partial charge in [0.1, 0.15) is 0 Å². The van der Waals surface area contributed by atoms with Crippen LogP contribution >= 0.6 is 0 Å². The van der Waals surface area contributed by atoms with Gasteiger partial charge in [-0.1, -0.05) is 6.92 Å². The smallest absolute Gasteiger partial charge is 0.315 e. The molecule has 0 saturated carbocycles. The number of sulfone groups is 1. The number of nitrogens with zero attached hydrogens (tertiary/aromatic N) is 1. The summed E-state index contributed by atoms with van der Waals surface area (Å²) >= 11 is 0. The summed E-state index contributed by atoms with van der Waals surface area (Å²) in [5.74, 6) is 0.0976. The Balaban J connectivity index is 1.87. The van der Waals surface area contributed by atoms with Gasteiger partial charge in [0.05, 0.1) is 23.3 Å². The topological polar surface area (TPSA) is 98.7 Å². The van der Waals surface area contributed by atoms with E-state index in [1.54, 1.807) is 26.0 Å². The molecule has 0 spiro atoms. The zero-order chi connectivity index (χ0) is 18.4. The first kappa shape index (κ1) is 19.5. The molecule has 1 aromatic carbocycles. The Bertz CT molecular complexity index is 668. The Labute approximate surface area is 149 Å². The number of rotatable bonds is 6. The number of anilines is 1. The van der Waals surface area contributed by atoms with E-state index in [1.165, 1.54) is 0 Å². The molecule has 1 aliphatic heterocycles. The number of hydrogen-bond donors (Lipinski definition) is 3. The molecule has 0 aliphatic carbocycles. The summed E-state index contributed by atoms with van der Waals surface area (Å²) in [5, 5.41) is 14.5. The molecule has 25 heavy (non-hydrogen) atoms. The Morgan fingerprint density at radius 2 is 1.88 bits per heavy atom. The van der Waals surface area contributed by atoms with Crippen molar-refractivity contribution in [2.24, 2.45) is 0 Å². The average Bonchev–Trinajstić information content (AvgIpc) is 2.62. The van der Waals surface area contributed by atoms with Crippen LogP contribution in [0.1, 0.15) is 26.7 Å². The third-order valence-corrected chi connectivity index (χ3v) is 6.17. The van der Waals surface area contributed by atoms with Crippen molar-refractivity contribution in [3.63, 3.8) is 0 Å². The van der Waals surface area contributed by atoms with E-state index in [2.05, 4.69) is 15.5 Å². The second-order valence-corrected chi connectivity index (χ2v) is 8.64. The van der Waals surface area contributed by atoms with Crippen LogP contribution in [0.3, 0.4) is 0 Å². The number of piperidine rings is 1. The zero-order valence-electron chi connectivity index (χ0n) is 14.7. The van der Waals surface area contributed by atoms with Gasteiger partial charge >= 0.3 is 6.03 Å². The fourth-order valence-electron chi connectivity index (χ4n) is 2.81. The molecule has 1 aliphatic rings. The number of benzene rings is 1. The molecule has 7 nitrogen and oxygen atoms in total. The monoisotopic (exact) mass is 369 g/mol. The number of amides is 2. The number of nitrogens with one attached hydrogen (secondary N) is 2. The summed E-state index contributed by atoms with van der Waals surface area (Å²) in [6, 6.07) is 6.57. The van der Waals surface area contributed by atoms with Gasteiger partial charge in [0.2, 0.25) is 0 Å². The average molecular weight is 369 g/mol. The van der Waals surface area contributed by atoms with Crippen molar-refractivity contribution in [3.8, 4) is 0 Å². The molecule has 0 radical (unpaired) electrons. The summed E-state index contributed by atoms with van der Waals surface area (Å²) in [5.41, 5.74) is 0.992. The Hall–Kier alpha value is -1.80. The molecule has 8 heteroatoms. The molecule has 0 aromatic heterocycles. The predicted molar refractivity (Wildman–Crippen MR) is 97.6 cm³/mol. The SMILES string of the molecule is CCS(=O)(=O)c1ccc(N2CCC(NC(=O)N[C@@H](C)CO)CC2)cc1. The molecule has 2 rings (SSSR count). The van der Waals surface area contributed by atoms with Crippen molar-refractivity contribution in [2.75, 3.05) is 30.3 Å². The van der Waals surface area contributed by atoms with E-state index in [0.29, 0.717) is 4.90 Å². The lowest BCUT2D eigenvalue weighted by atomic mass is 10.0. The molecule has 0 unspecified atom stereocenters. The number of aliphatic hydroxyl groups excluding tert-OH is 1. The summed E-state index contributed by atoms with van der Waals surface area (Å²) in [6.07, 6.45) is 1.63. The number of carbonyl (C=O) groups is 1. The van der Waals surface area contributed by atoms with Crippen LogP contribution in [0.25, 0.3) is 0 Å². The molecular weight excluding hydrogens is 342 g/mol. The van der Waals surface area contributed by atoms with Crippen LogP contribution in [0.4, 0.5) is 10.5 Å². The van der Waals surface area contributed by atoms with Gasteiger partial charge in [-0.25, -0.2) is 13.2 Å². The molecule has 1 aromatic rings. The minimum Gasteiger partial charge on any atom is -0.394 e. The Kier molecular flexibility index (Phi) is 6.66. The lowest BCUT2D eigenvalue weighted by Crippen LogP contribution is -2.50. The second-order valence-electron chi connectivity index (χ2n) is 6.36. The highest BCUT2D eigenvalue weighted by molar-refractivity contribution is 7.91. The zero-order valence-corrected chi connectivity index (χ0v) is 15.6. The molecule has 2 amide bonds. The number of aliphatic hydroxyl groups is 1. The maximum Gasteiger partial charge on any atom is 0.315 e. The van der Waals surface area contributed by atoms with Gasteiger partial charge in [-0.05, 0) is 44.0 Å². The van der Waals surface area contributed by atoms with Gasteiger partial charge in [-0.3, -0.25) is 0 Å². The van der Waals surface area contributed by atoms with Gasteiger partial charge in [-0.15, -0.1) is 0 Å². The van der Waals surface area contributed by atoms with E-state index in [4.69, 9.17) is 5.11 Å². The van der Waals surface area contributed by atoms with Crippen LogP contribution in [-0.4, -0.2) is 57.1 Å². The van der Waals surface area contributed by atoms with E-state index in [1.807, 2.05) is 12.1 Å². The first-order valence-corrected chi connectivity index (χ1v) is 10.3. The van der Waals surface area contributed by atoms with Crippen LogP contribution in [0, 0.1) is 0 Å². The van der Waals surface area contributed by atoms with Crippen molar-refractivity contribution in [2.45, 2.75) is 43.7 Å². The molecule has 140 valence electrons. The van der Waals surface area contributed by atoms with E-state index in [0.717, 1.165) is 31.6 Å². The number of urea groups is 1. The highest BCUT2D eigenvalue weighted by Crippen LogP contribution is 2.22. The number of hydrogen-bond acceptors (Lipinski definition) is 5. The first-order valence-electron chi connectivity index (χ1n) is 8.61. The summed E-state index contributed by atoms with van der Waals surface area (Å²) in [4.78, 5) is 14.3. The molecule has 0 bridgehead atoms. The fourth-order valence-corrected chi connectivity index (χ4v) is 3.69. The van der Waals surface area contributed by atoms with Crippen molar-refractivity contribution >= 4 is 21.6 Å². The van der Waals surface area contributed by atoms with E-state index in [9.17, 15) is 13.2 Å². The molecule has 1 fully saturated rings. The van der Waals surface area contributed by atoms with Gasteiger partial charge in [0.25, 0.3) is 0 Å². The Morgan fingerprint density at radius 1 is 1.28 bits per heavy atom. The quantitative estimate of drug-likeness (QED) is 0.698. The molecule has 1 saturated heterocycles. The first-order chi connectivity index (χ1) is 11.9.